The Bertz CT molecular complexity index is 878. The number of ether oxygens (including phenoxy) is 1. The number of nitrogens with one attached hydrogen (secondary N) is 2. The fraction of sp³-hybridized carbons (Fsp3) is 0.278. The number of hydrogen-bond donors (Lipinski definition) is 2. The van der Waals surface area contributed by atoms with Crippen LogP contribution in [-0.4, -0.2) is 27.7 Å². The summed E-state index contributed by atoms with van der Waals surface area (Å²) in [7, 11) is -1.85. The average Bonchev–Trinajstić information content (AvgIpc) is 2.54. The maximum Gasteiger partial charge on any atom is 0.251 e. The van der Waals surface area contributed by atoms with E-state index in [0.717, 1.165) is 11.8 Å². The lowest BCUT2D eigenvalue weighted by Crippen LogP contribution is -2.27. The Balaban J connectivity index is 2.22. The molecule has 0 aromatic heterocycles. The average molecular weight is 362 g/mol. The first-order chi connectivity index (χ1) is 11.7. The smallest absolute Gasteiger partial charge is 0.251 e. The summed E-state index contributed by atoms with van der Waals surface area (Å²) < 4.78 is 30.7. The molecular weight excluding hydrogens is 340 g/mol. The van der Waals surface area contributed by atoms with Gasteiger partial charge >= 0.3 is 0 Å². The summed E-state index contributed by atoms with van der Waals surface area (Å²) >= 11 is 0. The standard InChI is InChI=1S/C18H22N2O4S/c1-12-9-10-14(11-17(12)24-3)18(21)19-13(2)15-7-5-6-8-16(15)20-25(4,22)23/h5-11,13,20H,1-4H3,(H,19,21). The molecule has 2 rings (SSSR count). The molecule has 0 saturated heterocycles. The Morgan fingerprint density at radius 2 is 1.84 bits per heavy atom. The van der Waals surface area contributed by atoms with E-state index in [9.17, 15) is 13.2 Å². The van der Waals surface area contributed by atoms with Gasteiger partial charge in [-0.05, 0) is 43.2 Å². The third-order valence-corrected chi connectivity index (χ3v) is 4.33. The first-order valence-electron chi connectivity index (χ1n) is 7.73. The summed E-state index contributed by atoms with van der Waals surface area (Å²) in [5, 5.41) is 2.88. The minimum absolute atomic E-state index is 0.264. The van der Waals surface area contributed by atoms with Crippen molar-refractivity contribution in [2.45, 2.75) is 19.9 Å². The van der Waals surface area contributed by atoms with Gasteiger partial charge in [0.1, 0.15) is 5.75 Å². The lowest BCUT2D eigenvalue weighted by molar-refractivity contribution is 0.0939. The molecule has 2 N–H and O–H groups in total. The van der Waals surface area contributed by atoms with E-state index in [2.05, 4.69) is 10.0 Å². The van der Waals surface area contributed by atoms with Crippen LogP contribution >= 0.6 is 0 Å². The Kier molecular flexibility index (Phi) is 5.69. The highest BCUT2D eigenvalue weighted by Gasteiger charge is 2.16. The SMILES string of the molecule is COc1cc(C(=O)NC(C)c2ccccc2NS(C)(=O)=O)ccc1C. The van der Waals surface area contributed by atoms with Crippen molar-refractivity contribution in [1.82, 2.24) is 5.32 Å². The van der Waals surface area contributed by atoms with Gasteiger partial charge in [-0.2, -0.15) is 0 Å². The van der Waals surface area contributed by atoms with Crippen molar-refractivity contribution in [3.05, 3.63) is 59.2 Å². The number of methoxy groups -OCH3 is 1. The second-order valence-electron chi connectivity index (χ2n) is 5.84. The highest BCUT2D eigenvalue weighted by atomic mass is 32.2. The summed E-state index contributed by atoms with van der Waals surface area (Å²) in [5.41, 5.74) is 2.54. The molecule has 2 aromatic rings. The van der Waals surface area contributed by atoms with Crippen LogP contribution < -0.4 is 14.8 Å². The van der Waals surface area contributed by atoms with Crippen LogP contribution in [0.4, 0.5) is 5.69 Å². The molecule has 25 heavy (non-hydrogen) atoms. The van der Waals surface area contributed by atoms with Crippen molar-refractivity contribution >= 4 is 21.6 Å². The zero-order chi connectivity index (χ0) is 18.6. The molecule has 0 aliphatic rings. The third kappa shape index (κ3) is 4.96. The molecular formula is C18H22N2O4S. The maximum absolute atomic E-state index is 12.5. The van der Waals surface area contributed by atoms with Crippen molar-refractivity contribution in [3.63, 3.8) is 0 Å². The number of rotatable bonds is 6. The fourth-order valence-electron chi connectivity index (χ4n) is 2.49. The maximum atomic E-state index is 12.5. The number of amides is 1. The van der Waals surface area contributed by atoms with E-state index in [1.807, 2.05) is 13.0 Å². The Morgan fingerprint density at radius 1 is 1.16 bits per heavy atom. The molecule has 0 bridgehead atoms. The second kappa shape index (κ2) is 7.57. The number of para-hydroxylation sites is 1. The van der Waals surface area contributed by atoms with Crippen molar-refractivity contribution in [2.24, 2.45) is 0 Å². The Hall–Kier alpha value is -2.54. The van der Waals surface area contributed by atoms with Gasteiger partial charge in [-0.1, -0.05) is 24.3 Å². The Morgan fingerprint density at radius 3 is 2.48 bits per heavy atom. The third-order valence-electron chi connectivity index (χ3n) is 3.74. The van der Waals surface area contributed by atoms with Gasteiger partial charge in [-0.25, -0.2) is 8.42 Å². The van der Waals surface area contributed by atoms with Crippen molar-refractivity contribution in [1.29, 1.82) is 0 Å². The van der Waals surface area contributed by atoms with Crippen LogP contribution in [0.1, 0.15) is 34.5 Å². The first kappa shape index (κ1) is 18.8. The normalized spacial score (nSPS) is 12.3. The first-order valence-corrected chi connectivity index (χ1v) is 9.62. The molecule has 0 saturated carbocycles. The number of sulfonamides is 1. The quantitative estimate of drug-likeness (QED) is 0.827. The predicted molar refractivity (Wildman–Crippen MR) is 98.5 cm³/mol. The fourth-order valence-corrected chi connectivity index (χ4v) is 3.07. The van der Waals surface area contributed by atoms with Gasteiger partial charge in [0.2, 0.25) is 10.0 Å². The van der Waals surface area contributed by atoms with Gasteiger partial charge in [-0.15, -0.1) is 0 Å². The van der Waals surface area contributed by atoms with Gasteiger partial charge in [0.25, 0.3) is 5.91 Å². The summed E-state index contributed by atoms with van der Waals surface area (Å²) in [4.78, 5) is 12.5. The number of anilines is 1. The molecule has 0 aliphatic heterocycles. The minimum atomic E-state index is -3.41. The molecule has 1 amide bonds. The van der Waals surface area contributed by atoms with Gasteiger partial charge in [0, 0.05) is 5.56 Å². The second-order valence-corrected chi connectivity index (χ2v) is 7.59. The molecule has 0 fully saturated rings. The van der Waals surface area contributed by atoms with Crippen LogP contribution in [0.2, 0.25) is 0 Å². The molecule has 0 spiro atoms. The van der Waals surface area contributed by atoms with Gasteiger partial charge in [0.15, 0.2) is 0 Å². The largest absolute Gasteiger partial charge is 0.496 e. The number of aryl methyl sites for hydroxylation is 1. The highest BCUT2D eigenvalue weighted by molar-refractivity contribution is 7.92. The molecule has 1 atom stereocenters. The van der Waals surface area contributed by atoms with Crippen LogP contribution in [0.15, 0.2) is 42.5 Å². The zero-order valence-electron chi connectivity index (χ0n) is 14.7. The van der Waals surface area contributed by atoms with E-state index in [1.165, 1.54) is 0 Å². The molecule has 7 heteroatoms. The number of carbonyl (C=O) groups is 1. The molecule has 6 nitrogen and oxygen atoms in total. The zero-order valence-corrected chi connectivity index (χ0v) is 15.5. The van der Waals surface area contributed by atoms with Crippen molar-refractivity contribution in [3.8, 4) is 5.75 Å². The molecule has 1 unspecified atom stereocenters. The van der Waals surface area contributed by atoms with Crippen LogP contribution in [0.25, 0.3) is 0 Å². The van der Waals surface area contributed by atoms with Gasteiger partial charge in [0.05, 0.1) is 25.1 Å². The Labute approximate surface area is 148 Å². The van der Waals surface area contributed by atoms with E-state index in [0.29, 0.717) is 22.6 Å². The summed E-state index contributed by atoms with van der Waals surface area (Å²) in [5.74, 6) is 0.374. The number of benzene rings is 2. The lowest BCUT2D eigenvalue weighted by atomic mass is 10.1. The summed E-state index contributed by atoms with van der Waals surface area (Å²) in [6.45, 7) is 3.70. The molecule has 134 valence electrons. The molecule has 0 aliphatic carbocycles. The number of hydrogen-bond acceptors (Lipinski definition) is 4. The van der Waals surface area contributed by atoms with E-state index >= 15 is 0 Å². The van der Waals surface area contributed by atoms with E-state index in [1.54, 1.807) is 50.4 Å². The van der Waals surface area contributed by atoms with Crippen LogP contribution in [0, 0.1) is 6.92 Å². The predicted octanol–water partition coefficient (Wildman–Crippen LogP) is 2.87. The van der Waals surface area contributed by atoms with Gasteiger partial charge < -0.3 is 10.1 Å². The monoisotopic (exact) mass is 362 g/mol. The highest BCUT2D eigenvalue weighted by Crippen LogP contribution is 2.24. The van der Waals surface area contributed by atoms with Crippen molar-refractivity contribution < 1.29 is 17.9 Å². The summed E-state index contributed by atoms with van der Waals surface area (Å²) in [6.07, 6.45) is 1.09. The summed E-state index contributed by atoms with van der Waals surface area (Å²) in [6, 6.07) is 11.8. The topological polar surface area (TPSA) is 84.5 Å². The van der Waals surface area contributed by atoms with E-state index in [-0.39, 0.29) is 11.9 Å². The lowest BCUT2D eigenvalue weighted by Gasteiger charge is -2.18. The van der Waals surface area contributed by atoms with E-state index in [4.69, 9.17) is 4.74 Å². The van der Waals surface area contributed by atoms with Crippen molar-refractivity contribution in [2.75, 3.05) is 18.1 Å². The van der Waals surface area contributed by atoms with E-state index < -0.39 is 10.0 Å². The molecule has 2 aromatic carbocycles. The van der Waals surface area contributed by atoms with Gasteiger partial charge in [-0.3, -0.25) is 9.52 Å². The number of carbonyl (C=O) groups excluding carboxylic acids is 1. The molecule has 0 radical (unpaired) electrons. The minimum Gasteiger partial charge on any atom is -0.496 e. The molecule has 0 heterocycles. The van der Waals surface area contributed by atoms with Crippen LogP contribution in [0.3, 0.4) is 0 Å². The van der Waals surface area contributed by atoms with Crippen LogP contribution in [0.5, 0.6) is 5.75 Å². The van der Waals surface area contributed by atoms with Crippen LogP contribution in [-0.2, 0) is 10.0 Å².